The summed E-state index contributed by atoms with van der Waals surface area (Å²) in [4.78, 5) is 44.1. The van der Waals surface area contributed by atoms with Crippen molar-refractivity contribution < 1.29 is 23.9 Å². The highest BCUT2D eigenvalue weighted by Gasteiger charge is 2.47. The van der Waals surface area contributed by atoms with Gasteiger partial charge in [0.25, 0.3) is 5.91 Å². The first-order valence-corrected chi connectivity index (χ1v) is 13.5. The molecule has 2 aliphatic rings. The molecule has 3 aromatic rings. The third kappa shape index (κ3) is 5.79. The molecule has 40 heavy (non-hydrogen) atoms. The summed E-state index contributed by atoms with van der Waals surface area (Å²) >= 11 is 0. The third-order valence-corrected chi connectivity index (χ3v) is 7.44. The van der Waals surface area contributed by atoms with Crippen molar-refractivity contribution >= 4 is 29.2 Å². The van der Waals surface area contributed by atoms with E-state index in [4.69, 9.17) is 9.47 Å². The topological polar surface area (TPSA) is 100 Å². The van der Waals surface area contributed by atoms with Gasteiger partial charge >= 0.3 is 6.03 Å². The maximum Gasteiger partial charge on any atom is 0.325 e. The van der Waals surface area contributed by atoms with E-state index in [1.165, 1.54) is 6.42 Å². The predicted molar refractivity (Wildman–Crippen MR) is 152 cm³/mol. The number of methoxy groups -OCH3 is 1. The molecule has 0 aromatic heterocycles. The van der Waals surface area contributed by atoms with E-state index in [0.29, 0.717) is 30.2 Å². The Labute approximate surface area is 234 Å². The summed E-state index contributed by atoms with van der Waals surface area (Å²) in [5.41, 5.74) is 3.16. The number of ether oxygens (including phenoxy) is 2. The van der Waals surface area contributed by atoms with Gasteiger partial charge < -0.3 is 25.0 Å². The normalized spacial score (nSPS) is 18.1. The molecular formula is C31H34N4O5. The van der Waals surface area contributed by atoms with Gasteiger partial charge in [0.05, 0.1) is 6.61 Å². The quantitative estimate of drug-likeness (QED) is 0.277. The van der Waals surface area contributed by atoms with E-state index in [1.807, 2.05) is 61.5 Å². The first-order chi connectivity index (χ1) is 19.5. The number of carbonyl (C=O) groups is 3. The minimum Gasteiger partial charge on any atom is -0.491 e. The summed E-state index contributed by atoms with van der Waals surface area (Å²) in [6.07, 6.45) is 1.18. The van der Waals surface area contributed by atoms with Crippen LogP contribution in [0.4, 0.5) is 16.2 Å². The molecule has 2 saturated heterocycles. The SMILES string of the molecule is COCCOc1ccc([C@H]2NC(=O)N(C(C(=O)Nc3ccc(N4CCC4)cc3)C(C)c3ccccc3)C2=O)cc1. The highest BCUT2D eigenvalue weighted by Crippen LogP contribution is 2.32. The minimum absolute atomic E-state index is 0.401. The Morgan fingerprint density at radius 1 is 0.975 bits per heavy atom. The molecule has 3 aromatic carbocycles. The predicted octanol–water partition coefficient (Wildman–Crippen LogP) is 4.33. The number of imide groups is 1. The number of rotatable bonds is 11. The lowest BCUT2D eigenvalue weighted by atomic mass is 9.91. The fourth-order valence-corrected chi connectivity index (χ4v) is 5.04. The highest BCUT2D eigenvalue weighted by molar-refractivity contribution is 6.10. The lowest BCUT2D eigenvalue weighted by molar-refractivity contribution is -0.134. The van der Waals surface area contributed by atoms with Crippen LogP contribution in [0.5, 0.6) is 5.75 Å². The van der Waals surface area contributed by atoms with Crippen molar-refractivity contribution in [2.75, 3.05) is 43.6 Å². The van der Waals surface area contributed by atoms with Gasteiger partial charge in [0.1, 0.15) is 24.4 Å². The lowest BCUT2D eigenvalue weighted by Crippen LogP contribution is -2.50. The molecule has 4 amide bonds. The Kier molecular flexibility index (Phi) is 8.31. The second-order valence-electron chi connectivity index (χ2n) is 10.0. The number of carbonyl (C=O) groups excluding carboxylic acids is 3. The van der Waals surface area contributed by atoms with E-state index in [0.717, 1.165) is 29.2 Å². The van der Waals surface area contributed by atoms with Crippen LogP contribution < -0.4 is 20.3 Å². The second kappa shape index (κ2) is 12.2. The fourth-order valence-electron chi connectivity index (χ4n) is 5.04. The molecule has 2 fully saturated rings. The van der Waals surface area contributed by atoms with Gasteiger partial charge in [-0.3, -0.25) is 9.59 Å². The maximum atomic E-state index is 13.8. The van der Waals surface area contributed by atoms with Crippen molar-refractivity contribution in [1.82, 2.24) is 10.2 Å². The molecule has 2 aliphatic heterocycles. The molecule has 2 N–H and O–H groups in total. The molecule has 0 saturated carbocycles. The molecule has 2 heterocycles. The van der Waals surface area contributed by atoms with Gasteiger partial charge in [0.15, 0.2) is 0 Å². The smallest absolute Gasteiger partial charge is 0.325 e. The van der Waals surface area contributed by atoms with Crippen molar-refractivity contribution in [2.45, 2.75) is 31.3 Å². The average Bonchev–Trinajstić information content (AvgIpc) is 3.23. The molecule has 3 atom stereocenters. The van der Waals surface area contributed by atoms with E-state index in [9.17, 15) is 14.4 Å². The van der Waals surface area contributed by atoms with Crippen LogP contribution in [0.3, 0.4) is 0 Å². The van der Waals surface area contributed by atoms with E-state index < -0.39 is 35.8 Å². The number of anilines is 2. The Bertz CT molecular complexity index is 1330. The average molecular weight is 543 g/mol. The molecule has 0 spiro atoms. The van der Waals surface area contributed by atoms with E-state index in [1.54, 1.807) is 31.4 Å². The van der Waals surface area contributed by atoms with Gasteiger partial charge in [-0.15, -0.1) is 0 Å². The monoisotopic (exact) mass is 542 g/mol. The molecule has 208 valence electrons. The number of amides is 4. The summed E-state index contributed by atoms with van der Waals surface area (Å²) < 4.78 is 10.6. The number of urea groups is 1. The first kappa shape index (κ1) is 27.2. The summed E-state index contributed by atoms with van der Waals surface area (Å²) in [5, 5.41) is 5.71. The van der Waals surface area contributed by atoms with E-state index in [-0.39, 0.29) is 0 Å². The van der Waals surface area contributed by atoms with Crippen molar-refractivity contribution in [3.05, 3.63) is 90.0 Å². The van der Waals surface area contributed by atoms with E-state index >= 15 is 0 Å². The Balaban J connectivity index is 1.37. The second-order valence-corrected chi connectivity index (χ2v) is 10.0. The maximum absolute atomic E-state index is 13.8. The summed E-state index contributed by atoms with van der Waals surface area (Å²) in [6, 6.07) is 21.4. The third-order valence-electron chi connectivity index (χ3n) is 7.44. The number of hydrogen-bond acceptors (Lipinski definition) is 6. The van der Waals surface area contributed by atoms with Gasteiger partial charge in [-0.1, -0.05) is 49.4 Å². The Hall–Kier alpha value is -4.37. The van der Waals surface area contributed by atoms with Crippen molar-refractivity contribution in [3.8, 4) is 5.75 Å². The zero-order valence-corrected chi connectivity index (χ0v) is 22.7. The molecule has 9 nitrogen and oxygen atoms in total. The summed E-state index contributed by atoms with van der Waals surface area (Å²) in [6.45, 7) is 4.77. The van der Waals surface area contributed by atoms with Gasteiger partial charge in [0.2, 0.25) is 5.91 Å². The van der Waals surface area contributed by atoms with Crippen molar-refractivity contribution in [2.24, 2.45) is 0 Å². The number of nitrogens with zero attached hydrogens (tertiary/aromatic N) is 2. The van der Waals surface area contributed by atoms with Crippen LogP contribution in [0.1, 0.15) is 36.4 Å². The van der Waals surface area contributed by atoms with Crippen molar-refractivity contribution in [1.29, 1.82) is 0 Å². The highest BCUT2D eigenvalue weighted by atomic mass is 16.5. The zero-order chi connectivity index (χ0) is 28.1. The van der Waals surface area contributed by atoms with Crippen LogP contribution in [0.2, 0.25) is 0 Å². The number of nitrogens with one attached hydrogen (secondary N) is 2. The first-order valence-electron chi connectivity index (χ1n) is 13.5. The van der Waals surface area contributed by atoms with Crippen LogP contribution in [0, 0.1) is 0 Å². The van der Waals surface area contributed by atoms with Crippen LogP contribution >= 0.6 is 0 Å². The molecule has 5 rings (SSSR count). The Morgan fingerprint density at radius 3 is 2.30 bits per heavy atom. The van der Waals surface area contributed by atoms with Crippen LogP contribution in [0.25, 0.3) is 0 Å². The number of hydrogen-bond donors (Lipinski definition) is 2. The summed E-state index contributed by atoms with van der Waals surface area (Å²) in [5.74, 6) is -0.732. The van der Waals surface area contributed by atoms with Crippen LogP contribution in [-0.4, -0.2) is 62.2 Å². The molecule has 2 unspecified atom stereocenters. The van der Waals surface area contributed by atoms with Gasteiger partial charge in [-0.25, -0.2) is 9.69 Å². The minimum atomic E-state index is -1.06. The number of benzene rings is 3. The molecule has 0 aliphatic carbocycles. The van der Waals surface area contributed by atoms with Crippen LogP contribution in [-0.2, 0) is 14.3 Å². The molecule has 9 heteroatoms. The largest absolute Gasteiger partial charge is 0.491 e. The zero-order valence-electron chi connectivity index (χ0n) is 22.7. The van der Waals surface area contributed by atoms with Gasteiger partial charge in [0, 0.05) is 37.5 Å². The fraction of sp³-hybridized carbons (Fsp3) is 0.323. The molecular weight excluding hydrogens is 508 g/mol. The van der Waals surface area contributed by atoms with Gasteiger partial charge in [-0.2, -0.15) is 0 Å². The summed E-state index contributed by atoms with van der Waals surface area (Å²) in [7, 11) is 1.60. The van der Waals surface area contributed by atoms with Crippen molar-refractivity contribution in [3.63, 3.8) is 0 Å². The lowest BCUT2D eigenvalue weighted by Gasteiger charge is -2.33. The van der Waals surface area contributed by atoms with Crippen LogP contribution in [0.15, 0.2) is 78.9 Å². The Morgan fingerprint density at radius 2 is 1.68 bits per heavy atom. The standard InChI is InChI=1S/C31H34N4O5/c1-21(22-7-4-3-5-8-22)28(29(36)32-24-11-13-25(14-12-24)34-17-6-18-34)35-30(37)27(33-31(35)38)23-9-15-26(16-10-23)40-20-19-39-2/h3-5,7-16,21,27-28H,6,17-20H2,1-2H3,(H,32,36)(H,33,38)/t21?,27-,28?/m1/s1. The molecule has 0 bridgehead atoms. The molecule has 0 radical (unpaired) electrons. The van der Waals surface area contributed by atoms with E-state index in [2.05, 4.69) is 15.5 Å². The van der Waals surface area contributed by atoms with Gasteiger partial charge in [-0.05, 0) is 53.9 Å².